The summed E-state index contributed by atoms with van der Waals surface area (Å²) in [5.74, 6) is -3.51. The van der Waals surface area contributed by atoms with Gasteiger partial charge in [-0.25, -0.2) is 0 Å². The third-order valence-electron chi connectivity index (χ3n) is 5.89. The van der Waals surface area contributed by atoms with Gasteiger partial charge in [-0.15, -0.1) is 0 Å². The van der Waals surface area contributed by atoms with E-state index >= 15 is 0 Å². The molecule has 30 heavy (non-hydrogen) atoms. The third-order valence-corrected chi connectivity index (χ3v) is 13.3. The fourth-order valence-electron chi connectivity index (χ4n) is 4.46. The van der Waals surface area contributed by atoms with Crippen molar-refractivity contribution in [3.8, 4) is 0 Å². The van der Waals surface area contributed by atoms with Crippen molar-refractivity contribution in [1.29, 1.82) is 0 Å². The molecule has 0 saturated heterocycles. The molecule has 0 bridgehead atoms. The Kier molecular flexibility index (Phi) is 5.35. The number of halogens is 1. The second kappa shape index (κ2) is 7.69. The van der Waals surface area contributed by atoms with Gasteiger partial charge in [0, 0.05) is 0 Å². The van der Waals surface area contributed by atoms with Crippen LogP contribution in [-0.2, 0) is 5.41 Å². The third kappa shape index (κ3) is 3.11. The second-order valence-corrected chi connectivity index (χ2v) is 14.9. The van der Waals surface area contributed by atoms with Crippen LogP contribution in [0.25, 0.3) is 0 Å². The molecule has 0 aliphatic heterocycles. The molecule has 0 aliphatic rings. The van der Waals surface area contributed by atoms with Crippen LogP contribution in [0.15, 0.2) is 115 Å². The molecule has 152 valence electrons. The molecule has 0 unspecified atom stereocenters. The van der Waals surface area contributed by atoms with Crippen LogP contribution in [0.3, 0.4) is 0 Å². The van der Waals surface area contributed by atoms with Crippen LogP contribution >= 0.6 is 17.2 Å². The standard InChI is InChI=1S/C28H28ClP/c1-28(2,3)26-21-13-14-22-27(26)30(29,23-15-7-4-8-16-23,24-17-9-5-10-18-24)25-19-11-6-12-20-25/h4-22H,1-3H3. The Balaban J connectivity index is 2.29. The molecule has 0 radical (unpaired) electrons. The average molecular weight is 431 g/mol. The maximum atomic E-state index is 8.34. The molecule has 0 nitrogen and oxygen atoms in total. The Labute approximate surface area is 185 Å². The number of hydrogen-bond acceptors (Lipinski definition) is 0. The van der Waals surface area contributed by atoms with Gasteiger partial charge < -0.3 is 0 Å². The zero-order valence-corrected chi connectivity index (χ0v) is 19.4. The molecule has 0 spiro atoms. The van der Waals surface area contributed by atoms with E-state index in [2.05, 4.69) is 136 Å². The van der Waals surface area contributed by atoms with Crippen LogP contribution in [-0.4, -0.2) is 0 Å². The molecular weight excluding hydrogens is 403 g/mol. The van der Waals surface area contributed by atoms with Gasteiger partial charge in [0.2, 0.25) is 0 Å². The molecule has 0 saturated carbocycles. The zero-order chi connectivity index (χ0) is 21.3. The first-order valence-electron chi connectivity index (χ1n) is 10.4. The van der Waals surface area contributed by atoms with E-state index in [0.717, 1.165) is 0 Å². The van der Waals surface area contributed by atoms with Crippen molar-refractivity contribution in [2.24, 2.45) is 0 Å². The van der Waals surface area contributed by atoms with E-state index in [0.29, 0.717) is 0 Å². The van der Waals surface area contributed by atoms with Crippen molar-refractivity contribution in [2.75, 3.05) is 0 Å². The SMILES string of the molecule is CC(C)(C)c1ccccc1P(Cl)(c1ccccc1)(c1ccccc1)c1ccccc1. The Morgan fingerprint density at radius 3 is 1.20 bits per heavy atom. The van der Waals surface area contributed by atoms with Gasteiger partial charge in [-0.2, -0.15) is 0 Å². The number of hydrogen-bond donors (Lipinski definition) is 0. The van der Waals surface area contributed by atoms with Crippen LogP contribution in [0.1, 0.15) is 26.3 Å². The summed E-state index contributed by atoms with van der Waals surface area (Å²) >= 11 is 8.34. The molecule has 0 amide bonds. The molecule has 0 fully saturated rings. The van der Waals surface area contributed by atoms with Gasteiger partial charge in [0.05, 0.1) is 0 Å². The Morgan fingerprint density at radius 1 is 0.500 bits per heavy atom. The zero-order valence-electron chi connectivity index (χ0n) is 17.8. The topological polar surface area (TPSA) is 0 Å². The summed E-state index contributed by atoms with van der Waals surface area (Å²) in [7, 11) is 0. The fraction of sp³-hybridized carbons (Fsp3) is 0.143. The van der Waals surface area contributed by atoms with Crippen LogP contribution in [0.2, 0.25) is 0 Å². The Hall–Kier alpha value is -2.40. The first-order chi connectivity index (χ1) is 14.4. The van der Waals surface area contributed by atoms with E-state index in [9.17, 15) is 0 Å². The molecule has 2 heteroatoms. The van der Waals surface area contributed by atoms with Crippen LogP contribution in [0, 0.1) is 0 Å². The van der Waals surface area contributed by atoms with Crippen LogP contribution in [0.5, 0.6) is 0 Å². The van der Waals surface area contributed by atoms with E-state index in [1.54, 1.807) is 0 Å². The van der Waals surface area contributed by atoms with E-state index in [1.807, 2.05) is 0 Å². The Bertz CT molecular complexity index is 1030. The van der Waals surface area contributed by atoms with E-state index in [-0.39, 0.29) is 5.41 Å². The molecule has 0 N–H and O–H groups in total. The summed E-state index contributed by atoms with van der Waals surface area (Å²) in [5, 5.41) is 4.72. The van der Waals surface area contributed by atoms with Crippen molar-refractivity contribution in [2.45, 2.75) is 26.2 Å². The van der Waals surface area contributed by atoms with Crippen LogP contribution in [0.4, 0.5) is 0 Å². The van der Waals surface area contributed by atoms with Crippen molar-refractivity contribution in [3.63, 3.8) is 0 Å². The summed E-state index contributed by atoms with van der Waals surface area (Å²) in [4.78, 5) is 0. The first-order valence-corrected chi connectivity index (χ1v) is 13.5. The molecule has 4 rings (SSSR count). The summed E-state index contributed by atoms with van der Waals surface area (Å²) in [6.45, 7) is 6.81. The van der Waals surface area contributed by atoms with Gasteiger partial charge in [-0.1, -0.05) is 0 Å². The average Bonchev–Trinajstić information content (AvgIpc) is 2.80. The van der Waals surface area contributed by atoms with Gasteiger partial charge in [0.15, 0.2) is 0 Å². The monoisotopic (exact) mass is 430 g/mol. The number of rotatable bonds is 4. The first kappa shape index (κ1) is 20.9. The predicted octanol–water partition coefficient (Wildman–Crippen LogP) is 6.29. The van der Waals surface area contributed by atoms with Gasteiger partial charge in [0.1, 0.15) is 0 Å². The molecule has 0 aliphatic carbocycles. The molecule has 0 aromatic heterocycles. The van der Waals surface area contributed by atoms with E-state index < -0.39 is 5.96 Å². The second-order valence-electron chi connectivity index (χ2n) is 8.78. The summed E-state index contributed by atoms with van der Waals surface area (Å²) in [5.41, 5.74) is 1.24. The van der Waals surface area contributed by atoms with Crippen molar-refractivity contribution < 1.29 is 0 Å². The predicted molar refractivity (Wildman–Crippen MR) is 136 cm³/mol. The van der Waals surface area contributed by atoms with E-state index in [1.165, 1.54) is 26.8 Å². The van der Waals surface area contributed by atoms with E-state index in [4.69, 9.17) is 11.2 Å². The minimum absolute atomic E-state index is 0.0486. The van der Waals surface area contributed by atoms with Gasteiger partial charge in [-0.05, 0) is 0 Å². The van der Waals surface area contributed by atoms with Gasteiger partial charge >= 0.3 is 185 Å². The summed E-state index contributed by atoms with van der Waals surface area (Å²) in [6.07, 6.45) is 0. The minimum atomic E-state index is -3.51. The van der Waals surface area contributed by atoms with Gasteiger partial charge in [-0.3, -0.25) is 0 Å². The Morgan fingerprint density at radius 2 is 0.833 bits per heavy atom. The molecule has 4 aromatic carbocycles. The van der Waals surface area contributed by atoms with Gasteiger partial charge in [0.25, 0.3) is 0 Å². The van der Waals surface area contributed by atoms with Crippen LogP contribution < -0.4 is 21.2 Å². The molecular formula is C28H28ClP. The maximum absolute atomic E-state index is 8.34. The van der Waals surface area contributed by atoms with Crippen molar-refractivity contribution >= 4 is 38.4 Å². The molecule has 4 aromatic rings. The fourth-order valence-corrected chi connectivity index (χ4v) is 11.1. The summed E-state index contributed by atoms with van der Waals surface area (Å²) < 4.78 is 0. The summed E-state index contributed by atoms with van der Waals surface area (Å²) in [6, 6.07) is 40.7. The molecule has 0 atom stereocenters. The molecule has 0 heterocycles. The number of benzene rings is 4. The van der Waals surface area contributed by atoms with Crippen molar-refractivity contribution in [1.82, 2.24) is 0 Å². The van der Waals surface area contributed by atoms with Crippen molar-refractivity contribution in [3.05, 3.63) is 121 Å². The quantitative estimate of drug-likeness (QED) is 0.333. The normalized spacial score (nSPS) is 13.4.